The van der Waals surface area contributed by atoms with Gasteiger partial charge in [0.05, 0.1) is 27.8 Å². The molecule has 7 aromatic carbocycles. The van der Waals surface area contributed by atoms with Crippen molar-refractivity contribution in [2.75, 3.05) is 0 Å². The number of para-hydroxylation sites is 5. The van der Waals surface area contributed by atoms with Crippen LogP contribution in [0.5, 0.6) is 0 Å². The maximum atomic E-state index is 5.11. The van der Waals surface area contributed by atoms with Crippen LogP contribution in [0, 0.1) is 6.92 Å². The summed E-state index contributed by atoms with van der Waals surface area (Å²) in [6.45, 7) is 2.26. The molecule has 0 saturated carbocycles. The van der Waals surface area contributed by atoms with Crippen LogP contribution in [-0.4, -0.2) is 14.1 Å². The number of allylic oxidation sites excluding steroid dienone is 4. The normalized spacial score (nSPS) is 14.8. The standard InChI is InChI=1S/C51H37N3/c1-33-32-36(34-26-28-35(29-27-34)51-52-45-22-9-12-25-48(45)53(51)37-14-3-2-4-15-37)30-31-38(33)39-16-5-6-18-41(39)49-43-19-8-11-24-47(43)54-46-23-10-7-17-40(46)42-20-13-21-44(49)50(42)54/h2-3,5-14,16-32,49H,4,15H2,1H3. The number of fused-ring (bicyclic) bond motifs is 6. The van der Waals surface area contributed by atoms with E-state index in [1.807, 2.05) is 0 Å². The van der Waals surface area contributed by atoms with Crippen molar-refractivity contribution in [2.45, 2.75) is 25.7 Å². The average Bonchev–Trinajstić information content (AvgIpc) is 3.79. The van der Waals surface area contributed by atoms with Gasteiger partial charge in [-0.1, -0.05) is 146 Å². The second-order valence-corrected chi connectivity index (χ2v) is 14.7. The number of aromatic nitrogens is 3. The van der Waals surface area contributed by atoms with E-state index in [2.05, 4.69) is 192 Å². The highest BCUT2D eigenvalue weighted by atomic mass is 15.1. The Morgan fingerprint density at radius 2 is 1.26 bits per heavy atom. The molecule has 3 heteroatoms. The highest BCUT2D eigenvalue weighted by Crippen LogP contribution is 2.49. The summed E-state index contributed by atoms with van der Waals surface area (Å²) in [7, 11) is 0. The lowest BCUT2D eigenvalue weighted by atomic mass is 9.78. The molecule has 0 fully saturated rings. The molecule has 54 heavy (non-hydrogen) atoms. The minimum atomic E-state index is 0.106. The average molecular weight is 692 g/mol. The van der Waals surface area contributed by atoms with E-state index in [-0.39, 0.29) is 5.92 Å². The van der Waals surface area contributed by atoms with Crippen LogP contribution in [0.1, 0.15) is 41.0 Å². The van der Waals surface area contributed by atoms with E-state index in [1.165, 1.54) is 77.7 Å². The molecule has 1 aliphatic carbocycles. The van der Waals surface area contributed by atoms with Crippen LogP contribution in [0.3, 0.4) is 0 Å². The van der Waals surface area contributed by atoms with Crippen LogP contribution in [-0.2, 0) is 0 Å². The molecule has 9 aromatic rings. The van der Waals surface area contributed by atoms with Gasteiger partial charge in [-0.05, 0) is 94.6 Å². The number of aryl methyl sites for hydroxylation is 1. The fraction of sp³-hybridized carbons (Fsp3) is 0.0784. The summed E-state index contributed by atoms with van der Waals surface area (Å²) in [4.78, 5) is 5.11. The fourth-order valence-electron chi connectivity index (χ4n) is 9.20. The second kappa shape index (κ2) is 12.2. The Labute approximate surface area is 314 Å². The summed E-state index contributed by atoms with van der Waals surface area (Å²) in [5.41, 5.74) is 18.7. The Bertz CT molecular complexity index is 3000. The molecule has 2 aliphatic rings. The van der Waals surface area contributed by atoms with Gasteiger partial charge in [0.2, 0.25) is 0 Å². The van der Waals surface area contributed by atoms with Crippen molar-refractivity contribution >= 4 is 38.5 Å². The van der Waals surface area contributed by atoms with Crippen molar-refractivity contribution in [3.63, 3.8) is 0 Å². The van der Waals surface area contributed by atoms with Gasteiger partial charge in [0.25, 0.3) is 0 Å². The first-order valence-corrected chi connectivity index (χ1v) is 19.0. The smallest absolute Gasteiger partial charge is 0.145 e. The lowest BCUT2D eigenvalue weighted by Crippen LogP contribution is -2.15. The third-order valence-electron chi connectivity index (χ3n) is 11.6. The van der Waals surface area contributed by atoms with Crippen molar-refractivity contribution in [1.29, 1.82) is 0 Å². The number of hydrogen-bond acceptors (Lipinski definition) is 1. The molecule has 0 amide bonds. The first-order valence-electron chi connectivity index (χ1n) is 19.0. The Morgan fingerprint density at radius 3 is 2.11 bits per heavy atom. The first kappa shape index (κ1) is 30.9. The van der Waals surface area contributed by atoms with Crippen LogP contribution in [0.4, 0.5) is 0 Å². The predicted molar refractivity (Wildman–Crippen MR) is 225 cm³/mol. The molecule has 1 aliphatic heterocycles. The zero-order valence-corrected chi connectivity index (χ0v) is 30.1. The molecule has 0 radical (unpaired) electrons. The molecule has 11 rings (SSSR count). The summed E-state index contributed by atoms with van der Waals surface area (Å²) in [6.07, 6.45) is 8.68. The minimum absolute atomic E-state index is 0.106. The van der Waals surface area contributed by atoms with Crippen LogP contribution >= 0.6 is 0 Å². The van der Waals surface area contributed by atoms with Gasteiger partial charge >= 0.3 is 0 Å². The van der Waals surface area contributed by atoms with E-state index >= 15 is 0 Å². The van der Waals surface area contributed by atoms with Gasteiger partial charge in [-0.3, -0.25) is 4.57 Å². The van der Waals surface area contributed by atoms with E-state index < -0.39 is 0 Å². The molecular weight excluding hydrogens is 655 g/mol. The fourth-order valence-corrected chi connectivity index (χ4v) is 9.20. The van der Waals surface area contributed by atoms with Crippen molar-refractivity contribution in [2.24, 2.45) is 0 Å². The Hall–Kier alpha value is -6.71. The van der Waals surface area contributed by atoms with E-state index in [4.69, 9.17) is 4.98 Å². The van der Waals surface area contributed by atoms with Crippen LogP contribution in [0.25, 0.3) is 77.9 Å². The molecule has 3 heterocycles. The molecule has 0 spiro atoms. The van der Waals surface area contributed by atoms with E-state index in [0.717, 1.165) is 35.3 Å². The number of rotatable bonds is 5. The maximum Gasteiger partial charge on any atom is 0.145 e. The zero-order valence-electron chi connectivity index (χ0n) is 30.1. The Morgan fingerprint density at radius 1 is 0.556 bits per heavy atom. The molecule has 1 atom stereocenters. The largest absolute Gasteiger partial charge is 0.309 e. The summed E-state index contributed by atoms with van der Waals surface area (Å²) >= 11 is 0. The number of nitrogens with zero attached hydrogens (tertiary/aromatic N) is 3. The van der Waals surface area contributed by atoms with E-state index in [9.17, 15) is 0 Å². The van der Waals surface area contributed by atoms with Crippen molar-refractivity contribution in [3.05, 3.63) is 198 Å². The molecule has 0 bridgehead atoms. The zero-order chi connectivity index (χ0) is 35.8. The minimum Gasteiger partial charge on any atom is -0.309 e. The van der Waals surface area contributed by atoms with Gasteiger partial charge < -0.3 is 4.57 Å². The number of benzene rings is 7. The molecule has 0 N–H and O–H groups in total. The van der Waals surface area contributed by atoms with Gasteiger partial charge in [0.15, 0.2) is 0 Å². The van der Waals surface area contributed by atoms with E-state index in [0.29, 0.717) is 0 Å². The molecule has 256 valence electrons. The van der Waals surface area contributed by atoms with Crippen molar-refractivity contribution in [1.82, 2.24) is 14.1 Å². The summed E-state index contributed by atoms with van der Waals surface area (Å²) in [5, 5.41) is 2.61. The van der Waals surface area contributed by atoms with Crippen LogP contribution < -0.4 is 0 Å². The highest BCUT2D eigenvalue weighted by molar-refractivity contribution is 6.11. The van der Waals surface area contributed by atoms with Gasteiger partial charge in [0, 0.05) is 28.0 Å². The van der Waals surface area contributed by atoms with Crippen LogP contribution in [0.2, 0.25) is 0 Å². The lowest BCUT2D eigenvalue weighted by Gasteiger charge is -2.30. The van der Waals surface area contributed by atoms with Crippen molar-refractivity contribution < 1.29 is 0 Å². The van der Waals surface area contributed by atoms with Gasteiger partial charge in [-0.2, -0.15) is 0 Å². The lowest BCUT2D eigenvalue weighted by molar-refractivity contribution is 0.925. The molecule has 1 unspecified atom stereocenters. The molecule has 2 aromatic heterocycles. The second-order valence-electron chi connectivity index (χ2n) is 14.7. The quantitative estimate of drug-likeness (QED) is 0.176. The third-order valence-corrected chi connectivity index (χ3v) is 11.6. The molecule has 3 nitrogen and oxygen atoms in total. The Kier molecular flexibility index (Phi) is 6.96. The van der Waals surface area contributed by atoms with Gasteiger partial charge in [-0.15, -0.1) is 0 Å². The SMILES string of the molecule is Cc1cc(-c2ccc(-c3nc4ccccc4n3C3=CC=CCC3)cc2)ccc1-c1ccccc1C1c2ccccc2-n2c3ccccc3c3cccc1c32. The van der Waals surface area contributed by atoms with E-state index in [1.54, 1.807) is 0 Å². The summed E-state index contributed by atoms with van der Waals surface area (Å²) < 4.78 is 4.83. The maximum absolute atomic E-state index is 5.11. The topological polar surface area (TPSA) is 22.8 Å². The first-order chi connectivity index (χ1) is 26.7. The number of imidazole rings is 1. The summed E-state index contributed by atoms with van der Waals surface area (Å²) in [5.74, 6) is 1.10. The van der Waals surface area contributed by atoms with Crippen LogP contribution in [0.15, 0.2) is 176 Å². The number of hydrogen-bond donors (Lipinski definition) is 0. The van der Waals surface area contributed by atoms with Gasteiger partial charge in [0.1, 0.15) is 5.82 Å². The highest BCUT2D eigenvalue weighted by Gasteiger charge is 2.31. The predicted octanol–water partition coefficient (Wildman–Crippen LogP) is 13.1. The van der Waals surface area contributed by atoms with Gasteiger partial charge in [-0.25, -0.2) is 4.98 Å². The monoisotopic (exact) mass is 691 g/mol. The third kappa shape index (κ3) is 4.65. The molecular formula is C51H37N3. The Balaban J connectivity index is 0.990. The summed E-state index contributed by atoms with van der Waals surface area (Å²) in [6, 6.07) is 58.1. The molecule has 0 saturated heterocycles. The van der Waals surface area contributed by atoms with Crippen molar-refractivity contribution in [3.8, 4) is 39.3 Å².